The van der Waals surface area contributed by atoms with E-state index in [0.29, 0.717) is 35.0 Å². The molecule has 8 heteroatoms. The summed E-state index contributed by atoms with van der Waals surface area (Å²) in [4.78, 5) is 12.9. The van der Waals surface area contributed by atoms with Crippen LogP contribution in [0.4, 0.5) is 5.69 Å². The van der Waals surface area contributed by atoms with Crippen LogP contribution in [0, 0.1) is 12.8 Å². The van der Waals surface area contributed by atoms with Gasteiger partial charge in [0.05, 0.1) is 11.7 Å². The molecule has 3 rings (SSSR count). The molecule has 1 aliphatic rings. The van der Waals surface area contributed by atoms with E-state index in [-0.39, 0.29) is 18.2 Å². The zero-order chi connectivity index (χ0) is 21.9. The fourth-order valence-electron chi connectivity index (χ4n) is 3.76. The minimum atomic E-state index is -3.61. The third-order valence-corrected chi connectivity index (χ3v) is 7.87. The Kier molecular flexibility index (Phi) is 7.45. The first-order chi connectivity index (χ1) is 14.2. The number of benzene rings is 2. The standard InChI is InChI=1S/C22H26Cl2N2O3S/c1-3-16-7-4-6-15(2)21(16)25-22(27)17-8-5-11-26(13-17)30(28,29)14-18-9-10-19(23)12-20(18)24/h4,6-7,9-10,12,17H,3,5,8,11,13-14H2,1-2H3,(H,25,27)/t17-/m0/s1. The van der Waals surface area contributed by atoms with Crippen LogP contribution in [-0.4, -0.2) is 31.7 Å². The van der Waals surface area contributed by atoms with Gasteiger partial charge in [0.25, 0.3) is 0 Å². The second kappa shape index (κ2) is 9.69. The smallest absolute Gasteiger partial charge is 0.228 e. The van der Waals surface area contributed by atoms with E-state index in [1.807, 2.05) is 32.0 Å². The van der Waals surface area contributed by atoms with Gasteiger partial charge in [-0.15, -0.1) is 0 Å². The first-order valence-electron chi connectivity index (χ1n) is 10.0. The molecule has 0 bridgehead atoms. The van der Waals surface area contributed by atoms with Crippen molar-refractivity contribution in [3.63, 3.8) is 0 Å². The molecule has 2 aromatic rings. The number of para-hydroxylation sites is 1. The lowest BCUT2D eigenvalue weighted by molar-refractivity contribution is -0.120. The lowest BCUT2D eigenvalue weighted by Gasteiger charge is -2.31. The molecule has 0 aromatic heterocycles. The fraction of sp³-hybridized carbons (Fsp3) is 0.409. The summed E-state index contributed by atoms with van der Waals surface area (Å²) in [7, 11) is -3.61. The highest BCUT2D eigenvalue weighted by atomic mass is 35.5. The number of nitrogens with zero attached hydrogens (tertiary/aromatic N) is 1. The molecule has 1 saturated heterocycles. The molecular formula is C22H26Cl2N2O3S. The topological polar surface area (TPSA) is 66.5 Å². The second-order valence-corrected chi connectivity index (χ2v) is 10.5. The van der Waals surface area contributed by atoms with Crippen LogP contribution in [0.15, 0.2) is 36.4 Å². The molecule has 1 heterocycles. The van der Waals surface area contributed by atoms with E-state index in [4.69, 9.17) is 23.2 Å². The highest BCUT2D eigenvalue weighted by Crippen LogP contribution is 2.28. The van der Waals surface area contributed by atoms with Crippen molar-refractivity contribution in [2.45, 2.75) is 38.9 Å². The van der Waals surface area contributed by atoms with E-state index in [2.05, 4.69) is 5.32 Å². The van der Waals surface area contributed by atoms with Gasteiger partial charge >= 0.3 is 0 Å². The van der Waals surface area contributed by atoms with E-state index in [1.54, 1.807) is 12.1 Å². The Bertz CT molecular complexity index is 1040. The largest absolute Gasteiger partial charge is 0.325 e. The van der Waals surface area contributed by atoms with Crippen molar-refractivity contribution in [2.75, 3.05) is 18.4 Å². The molecule has 162 valence electrons. The molecule has 1 atom stereocenters. The number of hydrogen-bond donors (Lipinski definition) is 1. The van der Waals surface area contributed by atoms with Crippen LogP contribution >= 0.6 is 23.2 Å². The molecule has 30 heavy (non-hydrogen) atoms. The number of carbonyl (C=O) groups excluding carboxylic acids is 1. The van der Waals surface area contributed by atoms with Crippen molar-refractivity contribution in [3.8, 4) is 0 Å². The van der Waals surface area contributed by atoms with Gasteiger partial charge in [0, 0.05) is 28.8 Å². The van der Waals surface area contributed by atoms with Crippen molar-refractivity contribution >= 4 is 44.8 Å². The third kappa shape index (κ3) is 5.35. The molecule has 0 unspecified atom stereocenters. The highest BCUT2D eigenvalue weighted by molar-refractivity contribution is 7.88. The summed E-state index contributed by atoms with van der Waals surface area (Å²) < 4.78 is 27.4. The van der Waals surface area contributed by atoms with Crippen molar-refractivity contribution < 1.29 is 13.2 Å². The molecule has 0 radical (unpaired) electrons. The number of carbonyl (C=O) groups is 1. The monoisotopic (exact) mass is 468 g/mol. The number of piperidine rings is 1. The molecule has 1 aliphatic heterocycles. The van der Waals surface area contributed by atoms with Gasteiger partial charge in [-0.05, 0) is 55.0 Å². The molecule has 0 aliphatic carbocycles. The molecule has 0 saturated carbocycles. The Hall–Kier alpha value is -1.60. The number of amides is 1. The van der Waals surface area contributed by atoms with Crippen molar-refractivity contribution in [1.82, 2.24) is 4.31 Å². The maximum Gasteiger partial charge on any atom is 0.228 e. The minimum absolute atomic E-state index is 0.136. The van der Waals surface area contributed by atoms with Gasteiger partial charge in [0.2, 0.25) is 15.9 Å². The van der Waals surface area contributed by atoms with Gasteiger partial charge in [-0.2, -0.15) is 0 Å². The van der Waals surface area contributed by atoms with E-state index in [1.165, 1.54) is 10.4 Å². The van der Waals surface area contributed by atoms with Gasteiger partial charge in [-0.1, -0.05) is 54.4 Å². The van der Waals surface area contributed by atoms with Crippen LogP contribution in [0.25, 0.3) is 0 Å². The molecule has 1 amide bonds. The van der Waals surface area contributed by atoms with E-state index >= 15 is 0 Å². The van der Waals surface area contributed by atoms with Crippen molar-refractivity contribution in [3.05, 3.63) is 63.1 Å². The Labute approximate surface area is 188 Å². The molecule has 1 N–H and O–H groups in total. The summed E-state index contributed by atoms with van der Waals surface area (Å²) in [5.74, 6) is -0.739. The zero-order valence-corrected chi connectivity index (χ0v) is 19.4. The van der Waals surface area contributed by atoms with Crippen LogP contribution in [0.3, 0.4) is 0 Å². The Balaban J connectivity index is 1.72. The van der Waals surface area contributed by atoms with Gasteiger partial charge in [-0.3, -0.25) is 4.79 Å². The zero-order valence-electron chi connectivity index (χ0n) is 17.1. The first-order valence-corrected chi connectivity index (χ1v) is 12.4. The highest BCUT2D eigenvalue weighted by Gasteiger charge is 2.33. The Morgan fingerprint density at radius 1 is 1.20 bits per heavy atom. The maximum absolute atomic E-state index is 13.0. The van der Waals surface area contributed by atoms with E-state index < -0.39 is 15.9 Å². The van der Waals surface area contributed by atoms with Crippen molar-refractivity contribution in [1.29, 1.82) is 0 Å². The lowest BCUT2D eigenvalue weighted by atomic mass is 9.98. The summed E-state index contributed by atoms with van der Waals surface area (Å²) in [5.41, 5.74) is 3.40. The number of hydrogen-bond acceptors (Lipinski definition) is 3. The normalized spacial score (nSPS) is 17.7. The summed E-state index contributed by atoms with van der Waals surface area (Å²) in [5, 5.41) is 3.82. The van der Waals surface area contributed by atoms with Crippen LogP contribution in [0.5, 0.6) is 0 Å². The summed E-state index contributed by atoms with van der Waals surface area (Å²) in [6.45, 7) is 4.58. The molecule has 2 aromatic carbocycles. The van der Waals surface area contributed by atoms with Gasteiger partial charge in [-0.25, -0.2) is 12.7 Å². The van der Waals surface area contributed by atoms with Crippen LogP contribution in [0.1, 0.15) is 36.5 Å². The number of anilines is 1. The molecular weight excluding hydrogens is 443 g/mol. The summed E-state index contributed by atoms with van der Waals surface area (Å²) >= 11 is 12.1. The van der Waals surface area contributed by atoms with Crippen molar-refractivity contribution in [2.24, 2.45) is 5.92 Å². The maximum atomic E-state index is 13.0. The lowest BCUT2D eigenvalue weighted by Crippen LogP contribution is -2.44. The minimum Gasteiger partial charge on any atom is -0.325 e. The Morgan fingerprint density at radius 2 is 1.97 bits per heavy atom. The van der Waals surface area contributed by atoms with Gasteiger partial charge in [0.1, 0.15) is 0 Å². The number of rotatable bonds is 6. The number of nitrogens with one attached hydrogen (secondary N) is 1. The third-order valence-electron chi connectivity index (χ3n) is 5.49. The molecule has 1 fully saturated rings. The predicted molar refractivity (Wildman–Crippen MR) is 123 cm³/mol. The summed E-state index contributed by atoms with van der Waals surface area (Å²) in [6, 6.07) is 10.7. The first kappa shape index (κ1) is 23.1. The van der Waals surface area contributed by atoms with E-state index in [9.17, 15) is 13.2 Å². The van der Waals surface area contributed by atoms with E-state index in [0.717, 1.165) is 23.2 Å². The van der Waals surface area contributed by atoms with Crippen LogP contribution in [-0.2, 0) is 27.0 Å². The quantitative estimate of drug-likeness (QED) is 0.644. The fourth-order valence-corrected chi connectivity index (χ4v) is 5.96. The SMILES string of the molecule is CCc1cccc(C)c1NC(=O)[C@H]1CCCN(S(=O)(=O)Cc2ccc(Cl)cc2Cl)C1. The number of sulfonamides is 1. The summed E-state index contributed by atoms with van der Waals surface area (Å²) in [6.07, 6.45) is 2.11. The average molecular weight is 469 g/mol. The average Bonchev–Trinajstić information content (AvgIpc) is 2.71. The van der Waals surface area contributed by atoms with Crippen LogP contribution < -0.4 is 5.32 Å². The molecule has 0 spiro atoms. The number of halogens is 2. The van der Waals surface area contributed by atoms with Gasteiger partial charge in [0.15, 0.2) is 0 Å². The van der Waals surface area contributed by atoms with Gasteiger partial charge < -0.3 is 5.32 Å². The van der Waals surface area contributed by atoms with Crippen LogP contribution in [0.2, 0.25) is 10.0 Å². The second-order valence-electron chi connectivity index (χ2n) is 7.64. The predicted octanol–water partition coefficient (Wildman–Crippen LogP) is 5.04. The number of aryl methyl sites for hydroxylation is 2. The molecule has 5 nitrogen and oxygen atoms in total. The Morgan fingerprint density at radius 3 is 2.67 bits per heavy atom.